The van der Waals surface area contributed by atoms with Gasteiger partial charge in [-0.15, -0.1) is 11.8 Å². The Morgan fingerprint density at radius 2 is 2.38 bits per heavy atom. The van der Waals surface area contributed by atoms with Crippen LogP contribution in [0, 0.1) is 0 Å². The largest absolute Gasteiger partial charge is 0.480 e. The molecule has 3 nitrogen and oxygen atoms in total. The number of benzene rings is 1. The summed E-state index contributed by atoms with van der Waals surface area (Å²) < 4.78 is 0. The first-order valence-corrected chi connectivity index (χ1v) is 6.24. The molecule has 0 aromatic heterocycles. The minimum atomic E-state index is -0.732. The SMILES string of the molecule is CCc1cccc2c1N(C)CC(C(=O)O)S2. The Hall–Kier alpha value is -1.16. The molecule has 4 heteroatoms. The fourth-order valence-electron chi connectivity index (χ4n) is 2.04. The van der Waals surface area contributed by atoms with Crippen LogP contribution in [0.3, 0.4) is 0 Å². The molecular formula is C12H15NO2S. The Kier molecular flexibility index (Phi) is 3.10. The highest BCUT2D eigenvalue weighted by molar-refractivity contribution is 8.00. The Morgan fingerprint density at radius 3 is 3.00 bits per heavy atom. The number of rotatable bonds is 2. The van der Waals surface area contributed by atoms with Crippen molar-refractivity contribution in [1.29, 1.82) is 0 Å². The maximum absolute atomic E-state index is 11.0. The lowest BCUT2D eigenvalue weighted by Gasteiger charge is -2.32. The smallest absolute Gasteiger partial charge is 0.318 e. The molecule has 1 heterocycles. The van der Waals surface area contributed by atoms with E-state index in [2.05, 4.69) is 17.9 Å². The molecule has 16 heavy (non-hydrogen) atoms. The van der Waals surface area contributed by atoms with Crippen molar-refractivity contribution in [3.05, 3.63) is 23.8 Å². The lowest BCUT2D eigenvalue weighted by Crippen LogP contribution is -2.36. The van der Waals surface area contributed by atoms with E-state index in [1.54, 1.807) is 0 Å². The number of hydrogen-bond donors (Lipinski definition) is 1. The zero-order chi connectivity index (χ0) is 11.7. The number of anilines is 1. The molecule has 1 aliphatic rings. The van der Waals surface area contributed by atoms with Gasteiger partial charge in [-0.2, -0.15) is 0 Å². The molecule has 1 N–H and O–H groups in total. The molecule has 0 amide bonds. The van der Waals surface area contributed by atoms with Gasteiger partial charge >= 0.3 is 5.97 Å². The first-order valence-electron chi connectivity index (χ1n) is 5.36. The summed E-state index contributed by atoms with van der Waals surface area (Å²) in [6, 6.07) is 6.12. The van der Waals surface area contributed by atoms with Gasteiger partial charge in [0.05, 0.1) is 5.69 Å². The molecule has 1 aromatic rings. The normalized spacial score (nSPS) is 19.4. The lowest BCUT2D eigenvalue weighted by atomic mass is 10.1. The van der Waals surface area contributed by atoms with Crippen LogP contribution >= 0.6 is 11.8 Å². The number of hydrogen-bond acceptors (Lipinski definition) is 3. The van der Waals surface area contributed by atoms with Crippen molar-refractivity contribution in [3.8, 4) is 0 Å². The van der Waals surface area contributed by atoms with Crippen LogP contribution in [0.4, 0.5) is 5.69 Å². The van der Waals surface area contributed by atoms with Gasteiger partial charge in [-0.25, -0.2) is 0 Å². The summed E-state index contributed by atoms with van der Waals surface area (Å²) >= 11 is 1.46. The van der Waals surface area contributed by atoms with Crippen LogP contribution in [0.25, 0.3) is 0 Å². The molecule has 0 bridgehead atoms. The maximum atomic E-state index is 11.0. The second-order valence-corrected chi connectivity index (χ2v) is 5.19. The minimum absolute atomic E-state index is 0.357. The van der Waals surface area contributed by atoms with E-state index in [1.165, 1.54) is 23.0 Å². The van der Waals surface area contributed by atoms with E-state index in [-0.39, 0.29) is 5.25 Å². The van der Waals surface area contributed by atoms with Gasteiger partial charge in [0.2, 0.25) is 0 Å². The average molecular weight is 237 g/mol. The standard InChI is InChI=1S/C12H15NO2S/c1-3-8-5-4-6-9-11(8)13(2)7-10(16-9)12(14)15/h4-6,10H,3,7H2,1-2H3,(H,14,15). The number of carboxylic acids is 1. The van der Waals surface area contributed by atoms with Crippen molar-refractivity contribution in [2.24, 2.45) is 0 Å². The summed E-state index contributed by atoms with van der Waals surface area (Å²) in [5.41, 5.74) is 2.49. The Labute approximate surface area is 99.5 Å². The minimum Gasteiger partial charge on any atom is -0.480 e. The third-order valence-electron chi connectivity index (χ3n) is 2.83. The van der Waals surface area contributed by atoms with Gasteiger partial charge in [0, 0.05) is 18.5 Å². The Balaban J connectivity index is 2.41. The maximum Gasteiger partial charge on any atom is 0.318 e. The van der Waals surface area contributed by atoms with Crippen LogP contribution < -0.4 is 4.90 Å². The number of aliphatic carboxylic acids is 1. The summed E-state index contributed by atoms with van der Waals surface area (Å²) in [5.74, 6) is -0.732. The van der Waals surface area contributed by atoms with Crippen molar-refractivity contribution < 1.29 is 9.90 Å². The highest BCUT2D eigenvalue weighted by atomic mass is 32.2. The molecule has 0 aliphatic carbocycles. The summed E-state index contributed by atoms with van der Waals surface area (Å²) in [4.78, 5) is 14.2. The number of aryl methyl sites for hydroxylation is 1. The first kappa shape index (κ1) is 11.3. The van der Waals surface area contributed by atoms with Crippen LogP contribution in [0.5, 0.6) is 0 Å². The van der Waals surface area contributed by atoms with Crippen molar-refractivity contribution in [2.75, 3.05) is 18.5 Å². The predicted octanol–water partition coefficient (Wildman–Crippen LogP) is 2.24. The van der Waals surface area contributed by atoms with Gasteiger partial charge in [0.1, 0.15) is 5.25 Å². The second-order valence-electron chi connectivity index (χ2n) is 3.94. The second kappa shape index (κ2) is 4.37. The quantitative estimate of drug-likeness (QED) is 0.856. The fraction of sp³-hybridized carbons (Fsp3) is 0.417. The van der Waals surface area contributed by atoms with Crippen molar-refractivity contribution in [3.63, 3.8) is 0 Å². The number of fused-ring (bicyclic) bond motifs is 1. The van der Waals surface area contributed by atoms with Gasteiger partial charge in [0.15, 0.2) is 0 Å². The highest BCUT2D eigenvalue weighted by Crippen LogP contribution is 2.40. The number of carboxylic acid groups (broad SMARTS) is 1. The van der Waals surface area contributed by atoms with E-state index in [4.69, 9.17) is 5.11 Å². The van der Waals surface area contributed by atoms with Gasteiger partial charge in [0.25, 0.3) is 0 Å². The van der Waals surface area contributed by atoms with E-state index in [9.17, 15) is 4.79 Å². The first-order chi connectivity index (χ1) is 7.63. The number of nitrogens with zero attached hydrogens (tertiary/aromatic N) is 1. The molecule has 2 rings (SSSR count). The zero-order valence-corrected chi connectivity index (χ0v) is 10.3. The molecule has 1 unspecified atom stereocenters. The Bertz CT molecular complexity index is 419. The van der Waals surface area contributed by atoms with Gasteiger partial charge in [-0.05, 0) is 18.1 Å². The summed E-state index contributed by atoms with van der Waals surface area (Å²) in [5, 5.41) is 8.70. The highest BCUT2D eigenvalue weighted by Gasteiger charge is 2.29. The van der Waals surface area contributed by atoms with E-state index in [1.807, 2.05) is 19.2 Å². The van der Waals surface area contributed by atoms with Crippen molar-refractivity contribution in [1.82, 2.24) is 0 Å². The van der Waals surface area contributed by atoms with Crippen LogP contribution in [-0.4, -0.2) is 29.9 Å². The average Bonchev–Trinajstić information content (AvgIpc) is 2.27. The number of thioether (sulfide) groups is 1. The third kappa shape index (κ3) is 1.89. The van der Waals surface area contributed by atoms with Crippen molar-refractivity contribution >= 4 is 23.4 Å². The molecule has 1 atom stereocenters. The third-order valence-corrected chi connectivity index (χ3v) is 4.05. The summed E-state index contributed by atoms with van der Waals surface area (Å²) in [7, 11) is 1.97. The number of carbonyl (C=O) groups is 1. The van der Waals surface area contributed by atoms with Crippen molar-refractivity contribution in [2.45, 2.75) is 23.5 Å². The monoisotopic (exact) mass is 237 g/mol. The molecule has 0 radical (unpaired) electrons. The fourth-order valence-corrected chi connectivity index (χ4v) is 3.30. The van der Waals surface area contributed by atoms with Gasteiger partial charge in [-0.3, -0.25) is 4.79 Å². The molecule has 1 aliphatic heterocycles. The van der Waals surface area contributed by atoms with E-state index < -0.39 is 5.97 Å². The van der Waals surface area contributed by atoms with Crippen LogP contribution in [0.15, 0.2) is 23.1 Å². The van der Waals surface area contributed by atoms with E-state index in [0.717, 1.165) is 11.3 Å². The molecule has 86 valence electrons. The molecule has 0 fully saturated rings. The summed E-state index contributed by atoms with van der Waals surface area (Å²) in [6.07, 6.45) is 0.978. The Morgan fingerprint density at radius 1 is 1.62 bits per heavy atom. The lowest BCUT2D eigenvalue weighted by molar-refractivity contribution is -0.136. The topological polar surface area (TPSA) is 40.5 Å². The number of para-hydroxylation sites is 1. The zero-order valence-electron chi connectivity index (χ0n) is 9.43. The molecule has 1 aromatic carbocycles. The predicted molar refractivity (Wildman–Crippen MR) is 66.4 cm³/mol. The van der Waals surface area contributed by atoms with Crippen LogP contribution in [0.1, 0.15) is 12.5 Å². The van der Waals surface area contributed by atoms with E-state index in [0.29, 0.717) is 6.54 Å². The summed E-state index contributed by atoms with van der Waals surface area (Å²) in [6.45, 7) is 2.70. The van der Waals surface area contributed by atoms with Crippen LogP contribution in [0.2, 0.25) is 0 Å². The molecule has 0 saturated heterocycles. The van der Waals surface area contributed by atoms with Gasteiger partial charge < -0.3 is 10.0 Å². The molecule has 0 spiro atoms. The van der Waals surface area contributed by atoms with E-state index >= 15 is 0 Å². The molecular weight excluding hydrogens is 222 g/mol. The molecule has 0 saturated carbocycles. The van der Waals surface area contributed by atoms with Crippen LogP contribution in [-0.2, 0) is 11.2 Å². The van der Waals surface area contributed by atoms with Gasteiger partial charge in [-0.1, -0.05) is 19.1 Å².